The van der Waals surface area contributed by atoms with E-state index in [1.165, 1.54) is 35.9 Å². The zero-order chi connectivity index (χ0) is 20.4. The van der Waals surface area contributed by atoms with Crippen molar-refractivity contribution in [2.45, 2.75) is 38.0 Å². The van der Waals surface area contributed by atoms with Gasteiger partial charge in [-0.2, -0.15) is 13.2 Å². The van der Waals surface area contributed by atoms with Crippen LogP contribution in [0.15, 0.2) is 42.6 Å². The van der Waals surface area contributed by atoms with Crippen LogP contribution in [0, 0.1) is 0 Å². The average Bonchev–Trinajstić information content (AvgIpc) is 3.36. The van der Waals surface area contributed by atoms with Crippen molar-refractivity contribution in [3.63, 3.8) is 0 Å². The summed E-state index contributed by atoms with van der Waals surface area (Å²) in [5.41, 5.74) is 0.0801. The number of rotatable bonds is 5. The van der Waals surface area contributed by atoms with E-state index < -0.39 is 17.8 Å². The Balaban J connectivity index is 1.39. The largest absolute Gasteiger partial charge is 0.418 e. The fourth-order valence-electron chi connectivity index (χ4n) is 3.95. The summed E-state index contributed by atoms with van der Waals surface area (Å²) in [4.78, 5) is 20.7. The first-order valence-corrected chi connectivity index (χ1v) is 9.84. The third-order valence-corrected chi connectivity index (χ3v) is 5.50. The van der Waals surface area contributed by atoms with Crippen molar-refractivity contribution in [1.82, 2.24) is 10.3 Å². The van der Waals surface area contributed by atoms with Gasteiger partial charge in [0.25, 0.3) is 0 Å². The Bertz CT molecular complexity index is 863. The van der Waals surface area contributed by atoms with Crippen molar-refractivity contribution in [2.24, 2.45) is 0 Å². The number of carbonyl (C=O) groups is 1. The Hall–Kier alpha value is -2.61. The second-order valence-electron chi connectivity index (χ2n) is 7.45. The van der Waals surface area contributed by atoms with Crippen LogP contribution in [0.1, 0.15) is 30.4 Å². The molecule has 2 aromatic rings. The highest BCUT2D eigenvalue weighted by Gasteiger charge is 2.39. The number of para-hydroxylation sites is 1. The third kappa shape index (κ3) is 4.22. The van der Waals surface area contributed by atoms with Crippen molar-refractivity contribution in [3.8, 4) is 0 Å². The fraction of sp³-hybridized carbons (Fsp3) is 0.429. The lowest BCUT2D eigenvalue weighted by Gasteiger charge is -2.21. The lowest BCUT2D eigenvalue weighted by molar-refractivity contribution is -0.137. The number of nitrogens with zero attached hydrogens (tertiary/aromatic N) is 3. The molecule has 0 radical (unpaired) electrons. The first kappa shape index (κ1) is 19.7. The van der Waals surface area contributed by atoms with Crippen LogP contribution >= 0.6 is 0 Å². The molecule has 154 valence electrons. The lowest BCUT2D eigenvalue weighted by atomic mass is 10.1. The van der Waals surface area contributed by atoms with Crippen molar-refractivity contribution < 1.29 is 18.0 Å². The highest BCUT2D eigenvalue weighted by atomic mass is 19.4. The smallest absolute Gasteiger partial charge is 0.357 e. The maximum Gasteiger partial charge on any atom is 0.418 e. The molecule has 29 heavy (non-hydrogen) atoms. The Morgan fingerprint density at radius 1 is 1.07 bits per heavy atom. The Morgan fingerprint density at radius 3 is 2.52 bits per heavy atom. The van der Waals surface area contributed by atoms with E-state index in [9.17, 15) is 18.0 Å². The Labute approximate surface area is 167 Å². The van der Waals surface area contributed by atoms with Crippen LogP contribution in [0.2, 0.25) is 0 Å². The van der Waals surface area contributed by atoms with Crippen LogP contribution in [0.3, 0.4) is 0 Å². The molecule has 5 nitrogen and oxygen atoms in total. The van der Waals surface area contributed by atoms with Crippen molar-refractivity contribution >= 4 is 17.4 Å². The van der Waals surface area contributed by atoms with E-state index in [1.807, 2.05) is 12.1 Å². The predicted molar refractivity (Wildman–Crippen MR) is 105 cm³/mol. The molecule has 8 heteroatoms. The van der Waals surface area contributed by atoms with E-state index in [1.54, 1.807) is 6.20 Å². The molecular weight excluding hydrogens is 381 g/mol. The molecular formula is C21H23F3N4O. The van der Waals surface area contributed by atoms with Gasteiger partial charge >= 0.3 is 6.18 Å². The molecule has 0 saturated carbocycles. The quantitative estimate of drug-likeness (QED) is 0.828. The number of hydrogen-bond donors (Lipinski definition) is 1. The SMILES string of the molecule is O=C1[C@@H](NCc2ccc(N3CCCC3)nc2)CCN1c1ccccc1C(F)(F)F. The molecule has 2 fully saturated rings. The maximum absolute atomic E-state index is 13.3. The molecule has 2 saturated heterocycles. The van der Waals surface area contributed by atoms with Crippen molar-refractivity contribution in [2.75, 3.05) is 29.4 Å². The second-order valence-corrected chi connectivity index (χ2v) is 7.45. The van der Waals surface area contributed by atoms with E-state index in [0.717, 1.165) is 30.5 Å². The number of amides is 1. The van der Waals surface area contributed by atoms with Gasteiger partial charge in [-0.05, 0) is 43.0 Å². The van der Waals surface area contributed by atoms with E-state index in [0.29, 0.717) is 13.0 Å². The number of nitrogens with one attached hydrogen (secondary N) is 1. The number of aromatic nitrogens is 1. The number of anilines is 2. The molecule has 1 amide bonds. The fourth-order valence-corrected chi connectivity index (χ4v) is 3.95. The summed E-state index contributed by atoms with van der Waals surface area (Å²) in [6, 6.07) is 8.66. The summed E-state index contributed by atoms with van der Waals surface area (Å²) < 4.78 is 39.8. The molecule has 1 N–H and O–H groups in total. The van der Waals surface area contributed by atoms with E-state index >= 15 is 0 Å². The molecule has 3 heterocycles. The molecule has 2 aliphatic rings. The standard InChI is InChI=1S/C21H23F3N4O/c22-21(23,24)16-5-1-2-6-18(16)28-12-9-17(20(28)29)25-13-15-7-8-19(26-14-15)27-10-3-4-11-27/h1-2,5-8,14,17,25H,3-4,9-13H2/t17-/m0/s1. The van der Waals surface area contributed by atoms with Gasteiger partial charge in [-0.25, -0.2) is 4.98 Å². The highest BCUT2D eigenvalue weighted by molar-refractivity contribution is 6.00. The van der Waals surface area contributed by atoms with Gasteiger partial charge in [-0.1, -0.05) is 18.2 Å². The van der Waals surface area contributed by atoms with Gasteiger partial charge < -0.3 is 15.1 Å². The second kappa shape index (κ2) is 8.02. The van der Waals surface area contributed by atoms with E-state index in [2.05, 4.69) is 15.2 Å². The van der Waals surface area contributed by atoms with Gasteiger partial charge in [-0.3, -0.25) is 4.79 Å². The molecule has 1 aromatic heterocycles. The van der Waals surface area contributed by atoms with E-state index in [4.69, 9.17) is 0 Å². The van der Waals surface area contributed by atoms with Crippen molar-refractivity contribution in [1.29, 1.82) is 0 Å². The van der Waals surface area contributed by atoms with Gasteiger partial charge in [0.1, 0.15) is 5.82 Å². The third-order valence-electron chi connectivity index (χ3n) is 5.50. The van der Waals surface area contributed by atoms with Gasteiger partial charge in [0.15, 0.2) is 0 Å². The molecule has 1 atom stereocenters. The van der Waals surface area contributed by atoms with Gasteiger partial charge in [-0.15, -0.1) is 0 Å². The average molecular weight is 404 g/mol. The zero-order valence-electron chi connectivity index (χ0n) is 16.0. The summed E-state index contributed by atoms with van der Waals surface area (Å²) in [6.07, 6.45) is 0.123. The minimum atomic E-state index is -4.49. The summed E-state index contributed by atoms with van der Waals surface area (Å²) in [7, 11) is 0. The summed E-state index contributed by atoms with van der Waals surface area (Å²) >= 11 is 0. The zero-order valence-corrected chi connectivity index (χ0v) is 16.0. The minimum absolute atomic E-state index is 0.0778. The maximum atomic E-state index is 13.3. The lowest BCUT2D eigenvalue weighted by Crippen LogP contribution is -2.38. The van der Waals surface area contributed by atoms with Crippen LogP contribution in [0.25, 0.3) is 0 Å². The van der Waals surface area contributed by atoms with Crippen LogP contribution in [0.5, 0.6) is 0 Å². The van der Waals surface area contributed by atoms with Gasteiger partial charge in [0.05, 0.1) is 17.3 Å². The molecule has 4 rings (SSSR count). The summed E-state index contributed by atoms with van der Waals surface area (Å²) in [6.45, 7) is 2.75. The van der Waals surface area contributed by atoms with E-state index in [-0.39, 0.29) is 18.1 Å². The first-order valence-electron chi connectivity index (χ1n) is 9.84. The Morgan fingerprint density at radius 2 is 1.83 bits per heavy atom. The Kier molecular flexibility index (Phi) is 5.45. The predicted octanol–water partition coefficient (Wildman–Crippen LogP) is 3.60. The van der Waals surface area contributed by atoms with Crippen LogP contribution in [-0.2, 0) is 17.5 Å². The molecule has 0 aliphatic carbocycles. The minimum Gasteiger partial charge on any atom is -0.357 e. The van der Waals surface area contributed by atoms with Crippen LogP contribution in [-0.4, -0.2) is 36.6 Å². The normalized spacial score (nSPS) is 20.0. The topological polar surface area (TPSA) is 48.5 Å². The number of hydrogen-bond acceptors (Lipinski definition) is 4. The molecule has 2 aliphatic heterocycles. The molecule has 0 unspecified atom stereocenters. The van der Waals surface area contributed by atoms with Crippen LogP contribution in [0.4, 0.5) is 24.7 Å². The summed E-state index contributed by atoms with van der Waals surface area (Å²) in [5, 5.41) is 3.17. The number of carbonyl (C=O) groups excluding carboxylic acids is 1. The number of halogens is 3. The van der Waals surface area contributed by atoms with Crippen LogP contribution < -0.4 is 15.1 Å². The number of benzene rings is 1. The molecule has 0 spiro atoms. The van der Waals surface area contributed by atoms with Gasteiger partial charge in [0.2, 0.25) is 5.91 Å². The highest BCUT2D eigenvalue weighted by Crippen LogP contribution is 2.37. The molecule has 0 bridgehead atoms. The first-order chi connectivity index (χ1) is 13.9. The monoisotopic (exact) mass is 404 g/mol. The number of pyridine rings is 1. The summed E-state index contributed by atoms with van der Waals surface area (Å²) in [5.74, 6) is 0.626. The number of alkyl halides is 3. The van der Waals surface area contributed by atoms with Gasteiger partial charge in [0, 0.05) is 32.4 Å². The molecule has 1 aromatic carbocycles. The van der Waals surface area contributed by atoms with Crippen molar-refractivity contribution in [3.05, 3.63) is 53.7 Å².